The summed E-state index contributed by atoms with van der Waals surface area (Å²) < 4.78 is 55.9. The highest BCUT2D eigenvalue weighted by Gasteiger charge is 2.32. The maximum Gasteiger partial charge on any atom is 0.416 e. The fourth-order valence-electron chi connectivity index (χ4n) is 3.91. The normalized spacial score (nSPS) is 16.6. The van der Waals surface area contributed by atoms with E-state index in [1.54, 1.807) is 32.4 Å². The van der Waals surface area contributed by atoms with Crippen LogP contribution in [0.25, 0.3) is 0 Å². The number of halogens is 3. The van der Waals surface area contributed by atoms with Gasteiger partial charge in [-0.2, -0.15) is 13.2 Å². The van der Waals surface area contributed by atoms with Gasteiger partial charge in [0.2, 0.25) is 5.75 Å². The summed E-state index contributed by atoms with van der Waals surface area (Å²) in [5.74, 6) is 1.50. The van der Waals surface area contributed by atoms with E-state index in [4.69, 9.17) is 14.2 Å². The number of nitrogens with zero attached hydrogens (tertiary/aromatic N) is 1. The van der Waals surface area contributed by atoms with Crippen molar-refractivity contribution in [2.45, 2.75) is 18.6 Å². The molecule has 1 aliphatic rings. The number of methoxy groups -OCH3 is 3. The van der Waals surface area contributed by atoms with Gasteiger partial charge in [0.25, 0.3) is 0 Å². The van der Waals surface area contributed by atoms with Gasteiger partial charge >= 0.3 is 6.18 Å². The molecule has 2 aromatic carbocycles. The highest BCUT2D eigenvalue weighted by atomic mass is 19.4. The van der Waals surface area contributed by atoms with E-state index < -0.39 is 11.7 Å². The minimum atomic E-state index is -4.37. The smallest absolute Gasteiger partial charge is 0.416 e. The fraction of sp³-hybridized carbons (Fsp3) is 0.455. The van der Waals surface area contributed by atoms with Crippen molar-refractivity contribution in [2.24, 2.45) is 0 Å². The number of rotatable bonds is 6. The predicted octanol–water partition coefficient (Wildman–Crippen LogP) is 4.12. The molecule has 164 valence electrons. The molecule has 0 saturated carbocycles. The second kappa shape index (κ2) is 9.57. The van der Waals surface area contributed by atoms with E-state index in [1.165, 1.54) is 7.11 Å². The summed E-state index contributed by atoms with van der Waals surface area (Å²) in [5, 5.41) is 3.37. The fourth-order valence-corrected chi connectivity index (χ4v) is 3.91. The zero-order valence-electron chi connectivity index (χ0n) is 17.4. The van der Waals surface area contributed by atoms with Gasteiger partial charge in [-0.1, -0.05) is 12.1 Å². The van der Waals surface area contributed by atoms with E-state index in [-0.39, 0.29) is 6.04 Å². The Balaban J connectivity index is 2.13. The topological polar surface area (TPSA) is 43.0 Å². The lowest BCUT2D eigenvalue weighted by Crippen LogP contribution is -2.33. The minimum absolute atomic E-state index is 0.290. The van der Waals surface area contributed by atoms with Gasteiger partial charge in [0, 0.05) is 25.2 Å². The first-order valence-electron chi connectivity index (χ1n) is 9.81. The maximum atomic E-state index is 13.1. The predicted molar refractivity (Wildman–Crippen MR) is 108 cm³/mol. The molecule has 3 rings (SSSR count). The molecule has 2 aromatic rings. The largest absolute Gasteiger partial charge is 0.493 e. The van der Waals surface area contributed by atoms with Gasteiger partial charge in [-0.05, 0) is 42.8 Å². The van der Waals surface area contributed by atoms with Crippen LogP contribution in [0, 0.1) is 0 Å². The lowest BCUT2D eigenvalue weighted by atomic mass is 9.94. The van der Waals surface area contributed by atoms with E-state index in [9.17, 15) is 13.2 Å². The van der Waals surface area contributed by atoms with Gasteiger partial charge in [0.05, 0.1) is 32.9 Å². The van der Waals surface area contributed by atoms with Crippen LogP contribution in [0.5, 0.6) is 17.2 Å². The Morgan fingerprint density at radius 3 is 2.17 bits per heavy atom. The number of nitrogens with one attached hydrogen (secondary N) is 1. The average Bonchev–Trinajstić information content (AvgIpc) is 3.02. The number of ether oxygens (including phenoxy) is 3. The second-order valence-corrected chi connectivity index (χ2v) is 7.09. The Labute approximate surface area is 174 Å². The number of benzene rings is 2. The van der Waals surface area contributed by atoms with Crippen LogP contribution in [0.2, 0.25) is 0 Å². The van der Waals surface area contributed by atoms with Crippen molar-refractivity contribution < 1.29 is 27.4 Å². The molecule has 0 radical (unpaired) electrons. The highest BCUT2D eigenvalue weighted by Crippen LogP contribution is 2.45. The molecule has 1 saturated heterocycles. The summed E-state index contributed by atoms with van der Waals surface area (Å²) >= 11 is 0. The molecule has 1 heterocycles. The summed E-state index contributed by atoms with van der Waals surface area (Å²) in [4.78, 5) is 2.26. The van der Waals surface area contributed by atoms with Gasteiger partial charge in [0.15, 0.2) is 11.5 Å². The average molecular weight is 424 g/mol. The zero-order chi connectivity index (χ0) is 21.7. The monoisotopic (exact) mass is 424 g/mol. The Hall–Kier alpha value is -2.45. The van der Waals surface area contributed by atoms with Crippen LogP contribution >= 0.6 is 0 Å². The van der Waals surface area contributed by atoms with Crippen molar-refractivity contribution in [2.75, 3.05) is 47.5 Å². The van der Waals surface area contributed by atoms with E-state index in [1.807, 2.05) is 6.07 Å². The van der Waals surface area contributed by atoms with Crippen molar-refractivity contribution in [3.63, 3.8) is 0 Å². The SMILES string of the molecule is COc1ccc(C(c2ccc(C(F)(F)F)cc2)N2CCCNCC2)c(OC)c1OC. The first-order valence-corrected chi connectivity index (χ1v) is 9.81. The standard InChI is InChI=1S/C22H27F3N2O3/c1-28-18-10-9-17(20(29-2)21(18)30-3)19(27-13-4-11-26-12-14-27)15-5-7-16(8-6-15)22(23,24)25/h5-10,19,26H,4,11-14H2,1-3H3. The summed E-state index contributed by atoms with van der Waals surface area (Å²) in [7, 11) is 4.63. The molecule has 0 spiro atoms. The molecule has 0 aliphatic carbocycles. The highest BCUT2D eigenvalue weighted by molar-refractivity contribution is 5.58. The van der Waals surface area contributed by atoms with Crippen LogP contribution in [-0.4, -0.2) is 52.4 Å². The Morgan fingerprint density at radius 1 is 0.867 bits per heavy atom. The molecule has 1 unspecified atom stereocenters. The van der Waals surface area contributed by atoms with E-state index in [0.717, 1.165) is 55.9 Å². The van der Waals surface area contributed by atoms with Crippen molar-refractivity contribution in [3.05, 3.63) is 53.1 Å². The molecule has 30 heavy (non-hydrogen) atoms. The van der Waals surface area contributed by atoms with Gasteiger partial charge in [-0.15, -0.1) is 0 Å². The molecular weight excluding hydrogens is 397 g/mol. The third kappa shape index (κ3) is 4.65. The molecular formula is C22H27F3N2O3. The number of hydrogen-bond donors (Lipinski definition) is 1. The maximum absolute atomic E-state index is 13.1. The first kappa shape index (κ1) is 22.2. The molecule has 1 N–H and O–H groups in total. The van der Waals surface area contributed by atoms with Crippen LogP contribution in [0.3, 0.4) is 0 Å². The molecule has 0 bridgehead atoms. The van der Waals surface area contributed by atoms with E-state index >= 15 is 0 Å². The van der Waals surface area contributed by atoms with Crippen LogP contribution in [-0.2, 0) is 6.18 Å². The van der Waals surface area contributed by atoms with Crippen LogP contribution in [0.15, 0.2) is 36.4 Å². The molecule has 1 fully saturated rings. The number of hydrogen-bond acceptors (Lipinski definition) is 5. The van der Waals surface area contributed by atoms with Crippen molar-refractivity contribution in [3.8, 4) is 17.2 Å². The second-order valence-electron chi connectivity index (χ2n) is 7.09. The van der Waals surface area contributed by atoms with Gasteiger partial charge in [-0.25, -0.2) is 0 Å². The Morgan fingerprint density at radius 2 is 1.57 bits per heavy atom. The van der Waals surface area contributed by atoms with Gasteiger partial charge in [-0.3, -0.25) is 4.90 Å². The Kier molecular flexibility index (Phi) is 7.10. The molecule has 8 heteroatoms. The zero-order valence-corrected chi connectivity index (χ0v) is 17.4. The Bertz CT molecular complexity index is 833. The van der Waals surface area contributed by atoms with Crippen LogP contribution in [0.1, 0.15) is 29.2 Å². The van der Waals surface area contributed by atoms with E-state index in [2.05, 4.69) is 10.2 Å². The van der Waals surface area contributed by atoms with Crippen molar-refractivity contribution >= 4 is 0 Å². The molecule has 1 atom stereocenters. The minimum Gasteiger partial charge on any atom is -0.493 e. The number of alkyl halides is 3. The molecule has 0 amide bonds. The van der Waals surface area contributed by atoms with Crippen LogP contribution in [0.4, 0.5) is 13.2 Å². The summed E-state index contributed by atoms with van der Waals surface area (Å²) in [5.41, 5.74) is 0.911. The summed E-state index contributed by atoms with van der Waals surface area (Å²) in [6.45, 7) is 3.26. The quantitative estimate of drug-likeness (QED) is 0.756. The lowest BCUT2D eigenvalue weighted by Gasteiger charge is -2.33. The lowest BCUT2D eigenvalue weighted by molar-refractivity contribution is -0.137. The van der Waals surface area contributed by atoms with Crippen LogP contribution < -0.4 is 19.5 Å². The summed E-state index contributed by atoms with van der Waals surface area (Å²) in [6.07, 6.45) is -3.44. The third-order valence-electron chi connectivity index (χ3n) is 5.32. The van der Waals surface area contributed by atoms with Gasteiger partial charge < -0.3 is 19.5 Å². The molecule has 5 nitrogen and oxygen atoms in total. The van der Waals surface area contributed by atoms with Crippen molar-refractivity contribution in [1.29, 1.82) is 0 Å². The first-order chi connectivity index (χ1) is 14.4. The van der Waals surface area contributed by atoms with E-state index in [0.29, 0.717) is 17.2 Å². The molecule has 1 aliphatic heterocycles. The van der Waals surface area contributed by atoms with Gasteiger partial charge in [0.1, 0.15) is 0 Å². The summed E-state index contributed by atoms with van der Waals surface area (Å²) in [6, 6.07) is 8.74. The third-order valence-corrected chi connectivity index (χ3v) is 5.32. The van der Waals surface area contributed by atoms with Crippen molar-refractivity contribution in [1.82, 2.24) is 10.2 Å². The molecule has 0 aromatic heterocycles.